The molecular formula is C20H36N4O14S. The lowest BCUT2D eigenvalue weighted by Crippen LogP contribution is -2.68. The monoisotopic (exact) mass is 588 g/mol. The fourth-order valence-electron chi connectivity index (χ4n) is 4.12. The Hall–Kier alpha value is -1.71. The molecular weight excluding hydrogens is 552 g/mol. The third kappa shape index (κ3) is 10.3. The van der Waals surface area contributed by atoms with Gasteiger partial charge in [0.15, 0.2) is 12.6 Å². The van der Waals surface area contributed by atoms with Crippen LogP contribution in [0.5, 0.6) is 0 Å². The van der Waals surface area contributed by atoms with Gasteiger partial charge in [0.2, 0.25) is 5.91 Å². The molecule has 19 heteroatoms. The average Bonchev–Trinajstić information content (AvgIpc) is 2.87. The first-order chi connectivity index (χ1) is 18.4. The predicted octanol–water partition coefficient (Wildman–Crippen LogP) is -2.53. The molecule has 2 aliphatic rings. The van der Waals surface area contributed by atoms with Crippen LogP contribution in [-0.4, -0.2) is 132 Å². The Morgan fingerprint density at radius 1 is 1.00 bits per heavy atom. The summed E-state index contributed by atoms with van der Waals surface area (Å²) in [5.41, 5.74) is 8.30. The van der Waals surface area contributed by atoms with Crippen molar-refractivity contribution in [2.24, 2.45) is 5.11 Å². The van der Waals surface area contributed by atoms with Gasteiger partial charge in [-0.05, 0) is 18.4 Å². The zero-order valence-corrected chi connectivity index (χ0v) is 21.9. The Bertz CT molecular complexity index is 920. The number of carbonyl (C=O) groups is 1. The third-order valence-electron chi connectivity index (χ3n) is 6.06. The molecule has 18 nitrogen and oxygen atoms in total. The van der Waals surface area contributed by atoms with Crippen LogP contribution in [0.1, 0.15) is 32.6 Å². The molecule has 39 heavy (non-hydrogen) atoms. The standard InChI is InChI=1S/C20H36N4O14S/c1-10(26)23-13-18(38-20-17(30)16(29)14(27)11(8-25)36-20)15(28)12(9-35-39(31,32)33)37-19(13)34-7-5-3-2-4-6-22-24-21/h11-20,25,27-30H,2-9H2,1H3,(H,23,26)(H,31,32,33)/t11-,12-,13-,14+,15-,16+,17-,18-,19-,20+/m1/s1. The average molecular weight is 589 g/mol. The van der Waals surface area contributed by atoms with Crippen molar-refractivity contribution >= 4 is 16.3 Å². The van der Waals surface area contributed by atoms with E-state index in [-0.39, 0.29) is 6.61 Å². The van der Waals surface area contributed by atoms with Gasteiger partial charge >= 0.3 is 10.4 Å². The molecule has 0 spiro atoms. The molecule has 1 amide bonds. The van der Waals surface area contributed by atoms with Crippen molar-refractivity contribution in [1.82, 2.24) is 5.32 Å². The minimum atomic E-state index is -4.93. The maximum Gasteiger partial charge on any atom is 0.397 e. The summed E-state index contributed by atoms with van der Waals surface area (Å²) in [6, 6.07) is -1.27. The van der Waals surface area contributed by atoms with Gasteiger partial charge in [0.1, 0.15) is 48.8 Å². The summed E-state index contributed by atoms with van der Waals surface area (Å²) in [7, 11) is -4.93. The fraction of sp³-hybridized carbons (Fsp3) is 0.950. The second-order valence-electron chi connectivity index (χ2n) is 9.01. The molecule has 2 fully saturated rings. The van der Waals surface area contributed by atoms with E-state index in [1.165, 1.54) is 0 Å². The van der Waals surface area contributed by atoms with Crippen LogP contribution in [0.2, 0.25) is 0 Å². The molecule has 226 valence electrons. The van der Waals surface area contributed by atoms with Crippen LogP contribution in [0.3, 0.4) is 0 Å². The Balaban J connectivity index is 2.22. The molecule has 2 saturated heterocycles. The lowest BCUT2D eigenvalue weighted by molar-refractivity contribution is -0.344. The molecule has 2 heterocycles. The molecule has 0 radical (unpaired) electrons. The van der Waals surface area contributed by atoms with Gasteiger partial charge in [-0.15, -0.1) is 0 Å². The quantitative estimate of drug-likeness (QED) is 0.0341. The summed E-state index contributed by atoms with van der Waals surface area (Å²) in [6.07, 6.45) is -12.0. The van der Waals surface area contributed by atoms with E-state index < -0.39 is 90.9 Å². The van der Waals surface area contributed by atoms with E-state index in [9.17, 15) is 38.7 Å². The predicted molar refractivity (Wildman–Crippen MR) is 127 cm³/mol. The number of aliphatic hydroxyl groups is 5. The number of unbranched alkanes of at least 4 members (excludes halogenated alkanes) is 3. The van der Waals surface area contributed by atoms with Gasteiger partial charge in [0.05, 0.1) is 13.2 Å². The summed E-state index contributed by atoms with van der Waals surface area (Å²) in [5.74, 6) is -0.600. The summed E-state index contributed by atoms with van der Waals surface area (Å²) in [6.45, 7) is -0.0586. The van der Waals surface area contributed by atoms with Crippen LogP contribution in [-0.2, 0) is 38.3 Å². The topological polar surface area (TPSA) is 280 Å². The highest BCUT2D eigenvalue weighted by Crippen LogP contribution is 2.30. The smallest absolute Gasteiger partial charge is 0.394 e. The number of amides is 1. The van der Waals surface area contributed by atoms with Crippen molar-refractivity contribution in [2.75, 3.05) is 26.4 Å². The Kier molecular flexibility index (Phi) is 13.7. The van der Waals surface area contributed by atoms with Crippen molar-refractivity contribution in [3.8, 4) is 0 Å². The van der Waals surface area contributed by atoms with Crippen LogP contribution in [0.15, 0.2) is 5.11 Å². The highest BCUT2D eigenvalue weighted by Gasteiger charge is 2.52. The molecule has 0 aromatic heterocycles. The van der Waals surface area contributed by atoms with Crippen molar-refractivity contribution in [1.29, 1.82) is 0 Å². The van der Waals surface area contributed by atoms with Crippen LogP contribution in [0, 0.1) is 0 Å². The van der Waals surface area contributed by atoms with E-state index in [2.05, 4.69) is 19.5 Å². The fourth-order valence-corrected chi connectivity index (χ4v) is 4.42. The molecule has 7 N–H and O–H groups in total. The van der Waals surface area contributed by atoms with E-state index in [0.29, 0.717) is 25.8 Å². The first kappa shape index (κ1) is 33.5. The molecule has 2 aliphatic heterocycles. The summed E-state index contributed by atoms with van der Waals surface area (Å²) >= 11 is 0. The summed E-state index contributed by atoms with van der Waals surface area (Å²) in [4.78, 5) is 14.6. The Morgan fingerprint density at radius 3 is 2.28 bits per heavy atom. The van der Waals surface area contributed by atoms with Gasteiger partial charge in [0.25, 0.3) is 0 Å². The molecule has 0 aliphatic carbocycles. The maximum absolute atomic E-state index is 12.0. The lowest BCUT2D eigenvalue weighted by atomic mass is 9.95. The highest BCUT2D eigenvalue weighted by atomic mass is 32.3. The molecule has 2 rings (SSSR count). The van der Waals surface area contributed by atoms with Crippen molar-refractivity contribution in [3.63, 3.8) is 0 Å². The van der Waals surface area contributed by atoms with Gasteiger partial charge in [0, 0.05) is 25.0 Å². The number of rotatable bonds is 15. The van der Waals surface area contributed by atoms with Crippen molar-refractivity contribution in [2.45, 2.75) is 94.0 Å². The van der Waals surface area contributed by atoms with Crippen molar-refractivity contribution < 1.29 is 66.4 Å². The van der Waals surface area contributed by atoms with Gasteiger partial charge in [-0.25, -0.2) is 4.18 Å². The second kappa shape index (κ2) is 15.9. The second-order valence-corrected chi connectivity index (χ2v) is 10.1. The Labute approximate surface area is 224 Å². The van der Waals surface area contributed by atoms with Crippen LogP contribution in [0.25, 0.3) is 10.4 Å². The number of nitrogens with zero attached hydrogens (tertiary/aromatic N) is 3. The summed E-state index contributed by atoms with van der Waals surface area (Å²) in [5, 5.41) is 56.8. The van der Waals surface area contributed by atoms with E-state index in [0.717, 1.165) is 13.3 Å². The van der Waals surface area contributed by atoms with Gasteiger partial charge < -0.3 is 49.8 Å². The number of hydrogen-bond acceptors (Lipinski definition) is 14. The van der Waals surface area contributed by atoms with E-state index >= 15 is 0 Å². The molecule has 0 saturated carbocycles. The lowest BCUT2D eigenvalue weighted by Gasteiger charge is -2.47. The first-order valence-corrected chi connectivity index (χ1v) is 13.6. The molecule has 0 aromatic rings. The van der Waals surface area contributed by atoms with Gasteiger partial charge in [-0.2, -0.15) is 8.42 Å². The maximum atomic E-state index is 12.0. The number of aliphatic hydroxyl groups excluding tert-OH is 5. The zero-order valence-electron chi connectivity index (χ0n) is 21.1. The Morgan fingerprint density at radius 2 is 1.67 bits per heavy atom. The normalized spacial score (nSPS) is 35.3. The van der Waals surface area contributed by atoms with Crippen LogP contribution >= 0.6 is 0 Å². The number of carbonyl (C=O) groups excluding carboxylic acids is 1. The molecule has 0 bridgehead atoms. The minimum Gasteiger partial charge on any atom is -0.394 e. The minimum absolute atomic E-state index is 0.0804. The van der Waals surface area contributed by atoms with Crippen LogP contribution < -0.4 is 5.32 Å². The largest absolute Gasteiger partial charge is 0.397 e. The molecule has 0 aromatic carbocycles. The van der Waals surface area contributed by atoms with Crippen LogP contribution in [0.4, 0.5) is 0 Å². The molecule has 10 atom stereocenters. The highest BCUT2D eigenvalue weighted by molar-refractivity contribution is 7.80. The van der Waals surface area contributed by atoms with Gasteiger partial charge in [-0.1, -0.05) is 18.0 Å². The summed E-state index contributed by atoms with van der Waals surface area (Å²) < 4.78 is 58.0. The number of azide groups is 1. The van der Waals surface area contributed by atoms with E-state index in [1.54, 1.807) is 0 Å². The molecule has 0 unspecified atom stereocenters. The number of nitrogens with one attached hydrogen (secondary N) is 1. The van der Waals surface area contributed by atoms with Crippen molar-refractivity contribution in [3.05, 3.63) is 10.4 Å². The number of hydrogen-bond donors (Lipinski definition) is 7. The zero-order chi connectivity index (χ0) is 29.2. The van der Waals surface area contributed by atoms with E-state index in [1.807, 2.05) is 0 Å². The van der Waals surface area contributed by atoms with Gasteiger partial charge in [-0.3, -0.25) is 9.35 Å². The number of ether oxygens (including phenoxy) is 4. The van der Waals surface area contributed by atoms with E-state index in [4.69, 9.17) is 29.0 Å². The third-order valence-corrected chi connectivity index (χ3v) is 6.50. The SMILES string of the molecule is CC(=O)N[C@H]1[C@H](OCCCCCCN=[N+]=[N-])O[C@H](COS(=O)(=O)O)[C@@H](O)[C@@H]1O[C@@H]1O[C@H](CO)[C@H](O)[C@H](O)[C@H]1O. The first-order valence-electron chi connectivity index (χ1n) is 12.2.